The second kappa shape index (κ2) is 5.75. The van der Waals surface area contributed by atoms with Gasteiger partial charge in [0.2, 0.25) is 0 Å². The van der Waals surface area contributed by atoms with Crippen molar-refractivity contribution in [3.8, 4) is 0 Å². The zero-order valence-corrected chi connectivity index (χ0v) is 8.62. The molecule has 0 saturated carbocycles. The Labute approximate surface area is 84.2 Å². The third-order valence-electron chi connectivity index (χ3n) is 2.25. The van der Waals surface area contributed by atoms with Gasteiger partial charge in [0.05, 0.1) is 0 Å². The van der Waals surface area contributed by atoms with Gasteiger partial charge in [-0.05, 0) is 19.8 Å². The summed E-state index contributed by atoms with van der Waals surface area (Å²) in [5.41, 5.74) is 0. The van der Waals surface area contributed by atoms with E-state index >= 15 is 0 Å². The molecule has 1 fully saturated rings. The van der Waals surface area contributed by atoms with Crippen molar-refractivity contribution in [3.63, 3.8) is 0 Å². The third kappa shape index (κ3) is 4.37. The summed E-state index contributed by atoms with van der Waals surface area (Å²) < 4.78 is 4.96. The fraction of sp³-hybridized carbons (Fsp3) is 0.800. The molecular formula is C10H17NO3. The summed E-state index contributed by atoms with van der Waals surface area (Å²) in [6.45, 7) is 3.72. The lowest BCUT2D eigenvalue weighted by Crippen LogP contribution is -2.33. The summed E-state index contributed by atoms with van der Waals surface area (Å²) in [4.78, 5) is 23.7. The van der Waals surface area contributed by atoms with E-state index in [1.807, 2.05) is 0 Å². The van der Waals surface area contributed by atoms with Crippen molar-refractivity contribution in [2.24, 2.45) is 0 Å². The Hall–Kier alpha value is -0.900. The van der Waals surface area contributed by atoms with Crippen LogP contribution in [0.3, 0.4) is 0 Å². The molecule has 4 nitrogen and oxygen atoms in total. The van der Waals surface area contributed by atoms with E-state index in [0.29, 0.717) is 6.73 Å². The Kier molecular flexibility index (Phi) is 4.59. The molecule has 1 aliphatic heterocycles. The normalized spacial score (nSPS) is 17.8. The van der Waals surface area contributed by atoms with Gasteiger partial charge in [0.1, 0.15) is 18.9 Å². The van der Waals surface area contributed by atoms with Crippen LogP contribution in [0.4, 0.5) is 0 Å². The van der Waals surface area contributed by atoms with Gasteiger partial charge in [-0.2, -0.15) is 0 Å². The summed E-state index contributed by atoms with van der Waals surface area (Å²) in [7, 11) is 0. The lowest BCUT2D eigenvalue weighted by Gasteiger charge is -2.25. The van der Waals surface area contributed by atoms with Crippen LogP contribution in [0.15, 0.2) is 0 Å². The fourth-order valence-electron chi connectivity index (χ4n) is 1.51. The van der Waals surface area contributed by atoms with E-state index < -0.39 is 5.97 Å². The van der Waals surface area contributed by atoms with Gasteiger partial charge in [-0.1, -0.05) is 6.42 Å². The van der Waals surface area contributed by atoms with E-state index in [1.54, 1.807) is 0 Å². The van der Waals surface area contributed by atoms with E-state index in [1.165, 1.54) is 26.2 Å². The number of carbonyl (C=O) groups is 2. The maximum Gasteiger partial charge on any atom is 0.314 e. The maximum atomic E-state index is 11.0. The average Bonchev–Trinajstić information content (AvgIpc) is 2.15. The van der Waals surface area contributed by atoms with Crippen LogP contribution in [0, 0.1) is 0 Å². The van der Waals surface area contributed by atoms with E-state index in [4.69, 9.17) is 4.74 Å². The molecule has 0 spiro atoms. The number of hydrogen-bond donors (Lipinski definition) is 0. The lowest BCUT2D eigenvalue weighted by atomic mass is 10.1. The van der Waals surface area contributed by atoms with Gasteiger partial charge in [-0.3, -0.25) is 14.5 Å². The van der Waals surface area contributed by atoms with Gasteiger partial charge in [0, 0.05) is 13.1 Å². The zero-order chi connectivity index (χ0) is 10.4. The van der Waals surface area contributed by atoms with E-state index in [2.05, 4.69) is 4.90 Å². The molecule has 14 heavy (non-hydrogen) atoms. The summed E-state index contributed by atoms with van der Waals surface area (Å²) in [5.74, 6) is -0.559. The molecule has 0 N–H and O–H groups in total. The fourth-order valence-corrected chi connectivity index (χ4v) is 1.51. The molecular weight excluding hydrogens is 182 g/mol. The first-order chi connectivity index (χ1) is 6.68. The first-order valence-corrected chi connectivity index (χ1v) is 5.06. The first-order valence-electron chi connectivity index (χ1n) is 5.06. The van der Waals surface area contributed by atoms with E-state index in [-0.39, 0.29) is 12.2 Å². The number of rotatable bonds is 4. The Morgan fingerprint density at radius 1 is 1.21 bits per heavy atom. The van der Waals surface area contributed by atoms with Gasteiger partial charge >= 0.3 is 5.97 Å². The van der Waals surface area contributed by atoms with Gasteiger partial charge in [-0.25, -0.2) is 0 Å². The summed E-state index contributed by atoms with van der Waals surface area (Å²) in [6.07, 6.45) is 3.50. The Morgan fingerprint density at radius 2 is 1.86 bits per heavy atom. The number of ketones is 1. The molecule has 0 aromatic rings. The number of hydrogen-bond acceptors (Lipinski definition) is 4. The van der Waals surface area contributed by atoms with Crippen LogP contribution >= 0.6 is 0 Å². The molecule has 4 heteroatoms. The number of carbonyl (C=O) groups excluding carboxylic acids is 2. The average molecular weight is 199 g/mol. The highest BCUT2D eigenvalue weighted by molar-refractivity contribution is 5.94. The molecule has 0 bridgehead atoms. The summed E-state index contributed by atoms with van der Waals surface area (Å²) in [6, 6.07) is 0. The molecule has 1 rings (SSSR count). The van der Waals surface area contributed by atoms with E-state index in [9.17, 15) is 9.59 Å². The second-order valence-electron chi connectivity index (χ2n) is 3.70. The molecule has 0 radical (unpaired) electrons. The number of Topliss-reactive ketones (excluding diaryl/α,β-unsaturated/α-hetero) is 1. The smallest absolute Gasteiger partial charge is 0.314 e. The molecule has 80 valence electrons. The lowest BCUT2D eigenvalue weighted by molar-refractivity contribution is -0.150. The number of likely N-dealkylation sites (tertiary alicyclic amines) is 1. The Bertz CT molecular complexity index is 209. The minimum absolute atomic E-state index is 0.103. The highest BCUT2D eigenvalue weighted by Gasteiger charge is 2.12. The zero-order valence-electron chi connectivity index (χ0n) is 8.62. The van der Waals surface area contributed by atoms with Crippen molar-refractivity contribution in [2.75, 3.05) is 19.8 Å². The molecule has 0 aromatic carbocycles. The topological polar surface area (TPSA) is 46.6 Å². The molecule has 0 aliphatic carbocycles. The van der Waals surface area contributed by atoms with Crippen LogP contribution in [-0.2, 0) is 14.3 Å². The van der Waals surface area contributed by atoms with Crippen molar-refractivity contribution < 1.29 is 14.3 Å². The highest BCUT2D eigenvalue weighted by atomic mass is 16.5. The van der Waals surface area contributed by atoms with Crippen molar-refractivity contribution in [3.05, 3.63) is 0 Å². The van der Waals surface area contributed by atoms with Crippen molar-refractivity contribution in [1.29, 1.82) is 0 Å². The third-order valence-corrected chi connectivity index (χ3v) is 2.25. The second-order valence-corrected chi connectivity index (χ2v) is 3.70. The molecule has 1 aliphatic rings. The number of esters is 1. The highest BCUT2D eigenvalue weighted by Crippen LogP contribution is 2.08. The summed E-state index contributed by atoms with van der Waals surface area (Å²) >= 11 is 0. The van der Waals surface area contributed by atoms with Crippen LogP contribution in [0.25, 0.3) is 0 Å². The Morgan fingerprint density at radius 3 is 2.43 bits per heavy atom. The number of piperidine rings is 1. The van der Waals surface area contributed by atoms with Crippen LogP contribution in [0.1, 0.15) is 32.6 Å². The van der Waals surface area contributed by atoms with Crippen molar-refractivity contribution >= 4 is 11.8 Å². The quantitative estimate of drug-likeness (QED) is 0.499. The summed E-state index contributed by atoms with van der Waals surface area (Å²) in [5, 5.41) is 0. The molecule has 0 unspecified atom stereocenters. The van der Waals surface area contributed by atoms with Crippen LogP contribution in [-0.4, -0.2) is 36.5 Å². The van der Waals surface area contributed by atoms with Gasteiger partial charge in [-0.15, -0.1) is 0 Å². The molecule has 0 aromatic heterocycles. The van der Waals surface area contributed by atoms with Crippen molar-refractivity contribution in [2.45, 2.75) is 32.6 Å². The van der Waals surface area contributed by atoms with Crippen molar-refractivity contribution in [1.82, 2.24) is 4.90 Å². The van der Waals surface area contributed by atoms with Crippen LogP contribution in [0.5, 0.6) is 0 Å². The standard InChI is InChI=1S/C10H17NO3/c1-9(12)7-10(13)14-8-11-5-3-2-4-6-11/h2-8H2,1H3. The van der Waals surface area contributed by atoms with Gasteiger partial charge in [0.15, 0.2) is 0 Å². The van der Waals surface area contributed by atoms with Gasteiger partial charge in [0.25, 0.3) is 0 Å². The van der Waals surface area contributed by atoms with Gasteiger partial charge < -0.3 is 4.74 Å². The van der Waals surface area contributed by atoms with Crippen LogP contribution < -0.4 is 0 Å². The predicted octanol–water partition coefficient (Wildman–Crippen LogP) is 0.952. The number of nitrogens with zero attached hydrogens (tertiary/aromatic N) is 1. The largest absolute Gasteiger partial charge is 0.449 e. The van der Waals surface area contributed by atoms with E-state index in [0.717, 1.165) is 13.1 Å². The minimum Gasteiger partial charge on any atom is -0.449 e. The molecule has 0 amide bonds. The monoisotopic (exact) mass is 199 g/mol. The maximum absolute atomic E-state index is 11.0. The molecule has 1 saturated heterocycles. The van der Waals surface area contributed by atoms with Crippen LogP contribution in [0.2, 0.25) is 0 Å². The predicted molar refractivity (Wildman–Crippen MR) is 51.7 cm³/mol. The minimum atomic E-state index is -0.414. The molecule has 1 heterocycles. The SMILES string of the molecule is CC(=O)CC(=O)OCN1CCCCC1. The first kappa shape index (κ1) is 11.2. The molecule has 0 atom stereocenters. The Balaban J connectivity index is 2.12. The number of ether oxygens (including phenoxy) is 1.